The molecule has 0 saturated carbocycles. The summed E-state index contributed by atoms with van der Waals surface area (Å²) in [6, 6.07) is 0. The molecule has 0 N–H and O–H groups in total. The molecule has 1 heteroatoms. The molecule has 0 nitrogen and oxygen atoms in total. The number of allylic oxidation sites excluding steroid dienone is 3. The van der Waals surface area contributed by atoms with Gasteiger partial charge in [-0.3, -0.25) is 0 Å². The van der Waals surface area contributed by atoms with E-state index in [0.717, 1.165) is 6.42 Å². The van der Waals surface area contributed by atoms with Crippen LogP contribution >= 0.6 is 22.6 Å². The lowest BCUT2D eigenvalue weighted by atomic mass is 10.1. The summed E-state index contributed by atoms with van der Waals surface area (Å²) < 4.78 is 1.47. The van der Waals surface area contributed by atoms with Crippen LogP contribution in [0.4, 0.5) is 0 Å². The molecule has 0 aromatic rings. The summed E-state index contributed by atoms with van der Waals surface area (Å²) in [5, 5.41) is 0. The molecule has 0 aromatic heterocycles. The Morgan fingerprint density at radius 1 is 1.33 bits per heavy atom. The summed E-state index contributed by atoms with van der Waals surface area (Å²) in [7, 11) is 0. The lowest BCUT2D eigenvalue weighted by molar-refractivity contribution is 0.891. The molecule has 0 spiro atoms. The Labute approximate surface area is 89.6 Å². The second-order valence-corrected chi connectivity index (χ2v) is 4.08. The predicted octanol–water partition coefficient (Wildman–Crippen LogP) is 4.62. The van der Waals surface area contributed by atoms with Crippen molar-refractivity contribution in [3.05, 3.63) is 27.5 Å². The highest BCUT2D eigenvalue weighted by Gasteiger charge is 1.98. The molecule has 0 aliphatic rings. The molecule has 68 valence electrons. The molecule has 0 atom stereocenters. The Morgan fingerprint density at radius 2 is 1.92 bits per heavy atom. The summed E-state index contributed by atoms with van der Waals surface area (Å²) in [6.45, 7) is 8.02. The van der Waals surface area contributed by atoms with Crippen molar-refractivity contribution >= 4 is 22.6 Å². The molecular formula is C11H17I. The van der Waals surface area contributed by atoms with Gasteiger partial charge in [0.15, 0.2) is 0 Å². The van der Waals surface area contributed by atoms with E-state index in [2.05, 4.69) is 48.7 Å². The monoisotopic (exact) mass is 276 g/mol. The maximum Gasteiger partial charge on any atom is -0.00560 e. The summed E-state index contributed by atoms with van der Waals surface area (Å²) in [4.78, 5) is 0. The van der Waals surface area contributed by atoms with Crippen LogP contribution in [-0.4, -0.2) is 0 Å². The number of hydrogen-bond donors (Lipinski definition) is 0. The van der Waals surface area contributed by atoms with Crippen molar-refractivity contribution in [1.82, 2.24) is 0 Å². The normalized spacial score (nSPS) is 11.9. The van der Waals surface area contributed by atoms with Crippen molar-refractivity contribution in [3.63, 3.8) is 0 Å². The van der Waals surface area contributed by atoms with Gasteiger partial charge >= 0.3 is 0 Å². The van der Waals surface area contributed by atoms with Gasteiger partial charge in [-0.05, 0) is 50.7 Å². The highest BCUT2D eigenvalue weighted by atomic mass is 127. The summed E-state index contributed by atoms with van der Waals surface area (Å²) in [5.74, 6) is 0. The van der Waals surface area contributed by atoms with Crippen LogP contribution in [0.15, 0.2) is 27.5 Å². The van der Waals surface area contributed by atoms with Crippen LogP contribution in [0, 0.1) is 0 Å². The first-order valence-electron chi connectivity index (χ1n) is 4.49. The zero-order valence-electron chi connectivity index (χ0n) is 7.99. The Kier molecular flexibility index (Phi) is 7.62. The minimum Gasteiger partial charge on any atom is -0.128 e. The van der Waals surface area contributed by atoms with Crippen LogP contribution in [0.2, 0.25) is 0 Å². The van der Waals surface area contributed by atoms with Gasteiger partial charge in [0.25, 0.3) is 0 Å². The first-order chi connectivity index (χ1) is 5.76. The van der Waals surface area contributed by atoms with Crippen LogP contribution < -0.4 is 0 Å². The van der Waals surface area contributed by atoms with Crippen LogP contribution in [-0.2, 0) is 0 Å². The van der Waals surface area contributed by atoms with E-state index < -0.39 is 0 Å². The van der Waals surface area contributed by atoms with E-state index in [4.69, 9.17) is 0 Å². The van der Waals surface area contributed by atoms with Gasteiger partial charge in [0.05, 0.1) is 0 Å². The van der Waals surface area contributed by atoms with E-state index in [1.165, 1.54) is 28.4 Å². The van der Waals surface area contributed by atoms with Crippen molar-refractivity contribution in [2.45, 2.75) is 39.5 Å². The van der Waals surface area contributed by atoms with Gasteiger partial charge in [-0.15, -0.1) is 5.73 Å². The molecule has 0 aromatic carbocycles. The Balaban J connectivity index is 4.42. The van der Waals surface area contributed by atoms with Gasteiger partial charge in [0.1, 0.15) is 0 Å². The molecule has 12 heavy (non-hydrogen) atoms. The minimum absolute atomic E-state index is 1.15. The molecule has 0 radical (unpaired) electrons. The second kappa shape index (κ2) is 7.63. The quantitative estimate of drug-likeness (QED) is 0.390. The molecule has 0 unspecified atom stereocenters. The largest absolute Gasteiger partial charge is 0.128 e. The third-order valence-corrected chi connectivity index (χ3v) is 2.85. The van der Waals surface area contributed by atoms with Gasteiger partial charge in [0.2, 0.25) is 0 Å². The van der Waals surface area contributed by atoms with Gasteiger partial charge in [-0.1, -0.05) is 33.3 Å². The standard InChI is InChI=1S/C11H17I/c1-4-7-10(8-5-2)11(12)9-6-3/h7H,1,5-6,8-9H2,2-3H3/b11-10+. The zero-order chi connectivity index (χ0) is 9.40. The summed E-state index contributed by atoms with van der Waals surface area (Å²) in [6.07, 6.45) is 6.77. The third-order valence-electron chi connectivity index (χ3n) is 1.61. The molecule has 0 amide bonds. The lowest BCUT2D eigenvalue weighted by Gasteiger charge is -2.03. The van der Waals surface area contributed by atoms with Crippen molar-refractivity contribution in [2.24, 2.45) is 0 Å². The van der Waals surface area contributed by atoms with Crippen molar-refractivity contribution < 1.29 is 0 Å². The Hall–Kier alpha value is -0.0100. The second-order valence-electron chi connectivity index (χ2n) is 2.78. The van der Waals surface area contributed by atoms with Crippen LogP contribution in [0.3, 0.4) is 0 Å². The van der Waals surface area contributed by atoms with Crippen molar-refractivity contribution in [1.29, 1.82) is 0 Å². The van der Waals surface area contributed by atoms with E-state index in [0.29, 0.717) is 0 Å². The van der Waals surface area contributed by atoms with Gasteiger partial charge in [-0.2, -0.15) is 0 Å². The van der Waals surface area contributed by atoms with Crippen LogP contribution in [0.5, 0.6) is 0 Å². The maximum absolute atomic E-state index is 3.61. The molecule has 0 fully saturated rings. The SMILES string of the molecule is C=C=C/C(CCC)=C(\I)CCC. The number of hydrogen-bond acceptors (Lipinski definition) is 0. The van der Waals surface area contributed by atoms with E-state index >= 15 is 0 Å². The fraction of sp³-hybridized carbons (Fsp3) is 0.545. The molecule has 0 heterocycles. The summed E-state index contributed by atoms with van der Waals surface area (Å²) >= 11 is 2.43. The van der Waals surface area contributed by atoms with Crippen LogP contribution in [0.25, 0.3) is 0 Å². The first kappa shape index (κ1) is 12.0. The topological polar surface area (TPSA) is 0 Å². The average molecular weight is 276 g/mol. The number of halogens is 1. The third kappa shape index (κ3) is 4.78. The highest BCUT2D eigenvalue weighted by molar-refractivity contribution is 14.1. The van der Waals surface area contributed by atoms with E-state index in [1.54, 1.807) is 0 Å². The molecular weight excluding hydrogens is 259 g/mol. The first-order valence-corrected chi connectivity index (χ1v) is 5.57. The zero-order valence-corrected chi connectivity index (χ0v) is 10.1. The molecule has 0 rings (SSSR count). The van der Waals surface area contributed by atoms with E-state index in [9.17, 15) is 0 Å². The summed E-state index contributed by atoms with van der Waals surface area (Å²) in [5.41, 5.74) is 4.27. The van der Waals surface area contributed by atoms with Crippen molar-refractivity contribution in [3.8, 4) is 0 Å². The fourth-order valence-corrected chi connectivity index (χ4v) is 2.02. The predicted molar refractivity (Wildman–Crippen MR) is 64.6 cm³/mol. The molecule has 0 bridgehead atoms. The Bertz CT molecular complexity index is 195. The van der Waals surface area contributed by atoms with E-state index in [-0.39, 0.29) is 0 Å². The molecule has 0 aliphatic carbocycles. The van der Waals surface area contributed by atoms with Gasteiger partial charge < -0.3 is 0 Å². The molecule has 0 aliphatic heterocycles. The highest BCUT2D eigenvalue weighted by Crippen LogP contribution is 2.22. The minimum atomic E-state index is 1.15. The van der Waals surface area contributed by atoms with Crippen LogP contribution in [0.1, 0.15) is 39.5 Å². The van der Waals surface area contributed by atoms with Gasteiger partial charge in [-0.25, -0.2) is 0 Å². The smallest absolute Gasteiger partial charge is 0.00560 e. The van der Waals surface area contributed by atoms with Gasteiger partial charge in [0, 0.05) is 0 Å². The molecule has 0 saturated heterocycles. The van der Waals surface area contributed by atoms with Crippen molar-refractivity contribution in [2.75, 3.05) is 0 Å². The average Bonchev–Trinajstić information content (AvgIpc) is 2.04. The fourth-order valence-electron chi connectivity index (χ4n) is 1.06. The Morgan fingerprint density at radius 3 is 2.33 bits per heavy atom. The maximum atomic E-state index is 3.61. The number of rotatable bonds is 5. The lowest BCUT2D eigenvalue weighted by Crippen LogP contribution is -1.82. The van der Waals surface area contributed by atoms with E-state index in [1.807, 2.05) is 6.08 Å².